The van der Waals surface area contributed by atoms with Gasteiger partial charge in [-0.1, -0.05) is 0 Å². The Bertz CT molecular complexity index is 769. The number of piperidine rings is 1. The quantitative estimate of drug-likeness (QED) is 0.606. The Morgan fingerprint density at radius 3 is 2.43 bits per heavy atom. The molecule has 1 fully saturated rings. The molecule has 168 valence electrons. The summed E-state index contributed by atoms with van der Waals surface area (Å²) in [7, 11) is 3.49. The highest BCUT2D eigenvalue weighted by atomic mass is 32.1. The number of rotatable bonds is 8. The van der Waals surface area contributed by atoms with Crippen molar-refractivity contribution in [2.24, 2.45) is 0 Å². The molecule has 9 heteroatoms. The van der Waals surface area contributed by atoms with Gasteiger partial charge in [-0.05, 0) is 66.2 Å². The smallest absolute Gasteiger partial charge is 0.341 e. The molecule has 0 aliphatic carbocycles. The third-order valence-electron chi connectivity index (χ3n) is 5.56. The molecular weight excluding hydrogens is 404 g/mol. The lowest BCUT2D eigenvalue weighted by Crippen LogP contribution is -2.47. The fourth-order valence-electron chi connectivity index (χ4n) is 3.75. The van der Waals surface area contributed by atoms with Crippen LogP contribution >= 0.6 is 11.3 Å². The summed E-state index contributed by atoms with van der Waals surface area (Å²) < 4.78 is 5.13. The molecule has 0 aromatic carbocycles. The van der Waals surface area contributed by atoms with Gasteiger partial charge in [-0.2, -0.15) is 0 Å². The standard InChI is InChI=1S/C21H34N4O4S/c1-7-29-21(28)17-14(4)18(19(27)22-5)30-20(17)23-16(26)12-24(6)15-8-10-25(11-9-15)13(2)3/h13,15H,7-12H2,1-6H3,(H,22,27)(H,23,26). The molecule has 2 heterocycles. The minimum absolute atomic E-state index is 0.209. The molecule has 0 radical (unpaired) electrons. The van der Waals surface area contributed by atoms with E-state index in [4.69, 9.17) is 4.74 Å². The van der Waals surface area contributed by atoms with Crippen molar-refractivity contribution in [3.05, 3.63) is 16.0 Å². The summed E-state index contributed by atoms with van der Waals surface area (Å²) in [5, 5.41) is 5.76. The number of likely N-dealkylation sites (N-methyl/N-ethyl adjacent to an activating group) is 1. The second-order valence-electron chi connectivity index (χ2n) is 7.88. The molecular formula is C21H34N4O4S. The first-order valence-corrected chi connectivity index (χ1v) is 11.3. The van der Waals surface area contributed by atoms with Crippen molar-refractivity contribution in [1.29, 1.82) is 0 Å². The zero-order valence-electron chi connectivity index (χ0n) is 18.8. The molecule has 8 nitrogen and oxygen atoms in total. The van der Waals surface area contributed by atoms with Crippen LogP contribution in [0.25, 0.3) is 0 Å². The maximum Gasteiger partial charge on any atom is 0.341 e. The van der Waals surface area contributed by atoms with Gasteiger partial charge in [0, 0.05) is 19.1 Å². The highest BCUT2D eigenvalue weighted by Gasteiger charge is 2.28. The lowest BCUT2D eigenvalue weighted by atomic mass is 10.0. The Morgan fingerprint density at radius 1 is 1.27 bits per heavy atom. The number of hydrogen-bond acceptors (Lipinski definition) is 7. The maximum absolute atomic E-state index is 12.7. The molecule has 30 heavy (non-hydrogen) atoms. The fraction of sp³-hybridized carbons (Fsp3) is 0.667. The first kappa shape index (κ1) is 24.3. The number of carbonyl (C=O) groups is 3. The van der Waals surface area contributed by atoms with Crippen LogP contribution < -0.4 is 10.6 Å². The van der Waals surface area contributed by atoms with Crippen molar-refractivity contribution in [3.8, 4) is 0 Å². The van der Waals surface area contributed by atoms with Crippen LogP contribution in [-0.2, 0) is 9.53 Å². The molecule has 2 amide bonds. The number of hydrogen-bond donors (Lipinski definition) is 2. The highest BCUT2D eigenvalue weighted by Crippen LogP contribution is 2.33. The molecule has 0 unspecified atom stereocenters. The zero-order chi connectivity index (χ0) is 22.4. The normalized spacial score (nSPS) is 15.5. The number of ether oxygens (including phenoxy) is 1. The Hall–Kier alpha value is -1.97. The monoisotopic (exact) mass is 438 g/mol. The van der Waals surface area contributed by atoms with E-state index >= 15 is 0 Å². The van der Waals surface area contributed by atoms with E-state index in [0.717, 1.165) is 37.3 Å². The number of thiophene rings is 1. The third kappa shape index (κ3) is 5.80. The van der Waals surface area contributed by atoms with Gasteiger partial charge < -0.3 is 20.3 Å². The average molecular weight is 439 g/mol. The molecule has 1 aliphatic heterocycles. The number of nitrogens with zero attached hydrogens (tertiary/aromatic N) is 2. The number of amides is 2. The summed E-state index contributed by atoms with van der Waals surface area (Å²) >= 11 is 1.10. The predicted molar refractivity (Wildman–Crippen MR) is 119 cm³/mol. The summed E-state index contributed by atoms with van der Waals surface area (Å²) in [5.41, 5.74) is 0.768. The van der Waals surface area contributed by atoms with Crippen LogP contribution in [0.15, 0.2) is 0 Å². The summed E-state index contributed by atoms with van der Waals surface area (Å²) in [6, 6.07) is 0.888. The van der Waals surface area contributed by atoms with E-state index in [1.54, 1.807) is 13.8 Å². The van der Waals surface area contributed by atoms with Crippen molar-refractivity contribution in [1.82, 2.24) is 15.1 Å². The number of nitrogens with one attached hydrogen (secondary N) is 2. The van der Waals surface area contributed by atoms with E-state index in [9.17, 15) is 14.4 Å². The Balaban J connectivity index is 2.08. The van der Waals surface area contributed by atoms with Crippen LogP contribution in [0.2, 0.25) is 0 Å². The molecule has 1 aliphatic rings. The summed E-state index contributed by atoms with van der Waals surface area (Å²) in [5.74, 6) is -1.04. The predicted octanol–water partition coefficient (Wildman–Crippen LogP) is 2.34. The van der Waals surface area contributed by atoms with Gasteiger partial charge in [-0.3, -0.25) is 14.5 Å². The second-order valence-corrected chi connectivity index (χ2v) is 8.90. The first-order chi connectivity index (χ1) is 14.2. The average Bonchev–Trinajstić information content (AvgIpc) is 3.03. The lowest BCUT2D eigenvalue weighted by molar-refractivity contribution is -0.117. The molecule has 0 atom stereocenters. The third-order valence-corrected chi connectivity index (χ3v) is 6.76. The van der Waals surface area contributed by atoms with Crippen molar-refractivity contribution in [2.75, 3.05) is 45.7 Å². The molecule has 1 saturated heterocycles. The van der Waals surface area contributed by atoms with Crippen molar-refractivity contribution >= 4 is 34.1 Å². The Labute approximate surface area is 182 Å². The molecule has 0 bridgehead atoms. The van der Waals surface area contributed by atoms with E-state index < -0.39 is 5.97 Å². The number of likely N-dealkylation sites (tertiary alicyclic amines) is 1. The van der Waals surface area contributed by atoms with Crippen molar-refractivity contribution in [2.45, 2.75) is 52.6 Å². The number of carbonyl (C=O) groups excluding carboxylic acids is 3. The second kappa shape index (κ2) is 10.9. The number of anilines is 1. The van der Waals surface area contributed by atoms with Gasteiger partial charge >= 0.3 is 5.97 Å². The minimum atomic E-state index is -0.536. The largest absolute Gasteiger partial charge is 0.462 e. The lowest BCUT2D eigenvalue weighted by Gasteiger charge is -2.38. The zero-order valence-corrected chi connectivity index (χ0v) is 19.6. The molecule has 0 saturated carbocycles. The van der Waals surface area contributed by atoms with Crippen LogP contribution in [0.1, 0.15) is 59.2 Å². The van der Waals surface area contributed by atoms with Gasteiger partial charge in [0.15, 0.2) is 0 Å². The van der Waals surface area contributed by atoms with E-state index in [2.05, 4.69) is 34.3 Å². The minimum Gasteiger partial charge on any atom is -0.462 e. The molecule has 1 aromatic heterocycles. The van der Waals surface area contributed by atoms with Crippen molar-refractivity contribution in [3.63, 3.8) is 0 Å². The Morgan fingerprint density at radius 2 is 1.90 bits per heavy atom. The summed E-state index contributed by atoms with van der Waals surface area (Å²) in [6.07, 6.45) is 2.05. The molecule has 2 rings (SSSR count). The number of esters is 1. The van der Waals surface area contributed by atoms with Gasteiger partial charge in [-0.25, -0.2) is 4.79 Å². The van der Waals surface area contributed by atoms with E-state index in [0.29, 0.717) is 27.5 Å². The maximum atomic E-state index is 12.7. The van der Waals surface area contributed by atoms with E-state index in [1.165, 1.54) is 7.05 Å². The van der Waals surface area contributed by atoms with Crippen LogP contribution in [-0.4, -0.2) is 80.0 Å². The molecule has 1 aromatic rings. The van der Waals surface area contributed by atoms with Gasteiger partial charge in [0.05, 0.1) is 23.6 Å². The van der Waals surface area contributed by atoms with E-state index in [1.807, 2.05) is 7.05 Å². The van der Waals surface area contributed by atoms with Gasteiger partial charge in [0.2, 0.25) is 5.91 Å². The van der Waals surface area contributed by atoms with Crippen LogP contribution in [0, 0.1) is 6.92 Å². The summed E-state index contributed by atoms with van der Waals surface area (Å²) in [6.45, 7) is 10.3. The molecule has 2 N–H and O–H groups in total. The van der Waals surface area contributed by atoms with Crippen LogP contribution in [0.5, 0.6) is 0 Å². The van der Waals surface area contributed by atoms with Gasteiger partial charge in [0.25, 0.3) is 5.91 Å². The van der Waals surface area contributed by atoms with Gasteiger partial charge in [-0.15, -0.1) is 11.3 Å². The first-order valence-electron chi connectivity index (χ1n) is 10.5. The Kier molecular flexibility index (Phi) is 8.81. The summed E-state index contributed by atoms with van der Waals surface area (Å²) in [4.78, 5) is 42.2. The van der Waals surface area contributed by atoms with Gasteiger partial charge in [0.1, 0.15) is 5.00 Å². The van der Waals surface area contributed by atoms with E-state index in [-0.39, 0.29) is 30.5 Å². The SMILES string of the molecule is CCOC(=O)c1c(NC(=O)CN(C)C2CCN(C(C)C)CC2)sc(C(=O)NC)c1C. The fourth-order valence-corrected chi connectivity index (χ4v) is 4.90. The topological polar surface area (TPSA) is 91.0 Å². The molecule has 0 spiro atoms. The van der Waals surface area contributed by atoms with Crippen molar-refractivity contribution < 1.29 is 19.1 Å². The highest BCUT2D eigenvalue weighted by molar-refractivity contribution is 7.18. The van der Waals surface area contributed by atoms with Crippen LogP contribution in [0.3, 0.4) is 0 Å². The van der Waals surface area contributed by atoms with Crippen LogP contribution in [0.4, 0.5) is 5.00 Å².